The van der Waals surface area contributed by atoms with Crippen LogP contribution in [0.2, 0.25) is 0 Å². The fraction of sp³-hybridized carbons (Fsp3) is 0.462. The Morgan fingerprint density at radius 3 is 3.11 bits per heavy atom. The summed E-state index contributed by atoms with van der Waals surface area (Å²) in [7, 11) is 1.56. The third-order valence-electron chi connectivity index (χ3n) is 2.93. The molecule has 0 saturated carbocycles. The van der Waals surface area contributed by atoms with E-state index in [1.807, 2.05) is 0 Å². The van der Waals surface area contributed by atoms with E-state index in [2.05, 4.69) is 38.1 Å². The van der Waals surface area contributed by atoms with Gasteiger partial charge in [0.15, 0.2) is 0 Å². The number of rotatable bonds is 1. The number of hydrogen-bond donors (Lipinski definition) is 2. The van der Waals surface area contributed by atoms with Crippen LogP contribution in [-0.4, -0.2) is 25.2 Å². The number of piperidine rings is 1. The van der Waals surface area contributed by atoms with Crippen LogP contribution >= 0.6 is 15.9 Å². The van der Waals surface area contributed by atoms with Crippen molar-refractivity contribution in [2.24, 2.45) is 5.92 Å². The third-order valence-corrected chi connectivity index (χ3v) is 3.69. The Kier molecular flexibility index (Phi) is 4.45. The highest BCUT2D eigenvalue weighted by Gasteiger charge is 2.11. The molecule has 4 nitrogen and oxygen atoms in total. The highest BCUT2D eigenvalue weighted by molar-refractivity contribution is 9.10. The number of methoxy groups -OCH3 is 1. The van der Waals surface area contributed by atoms with Gasteiger partial charge in [-0.05, 0) is 35.3 Å². The quantitative estimate of drug-likeness (QED) is 0.776. The minimum atomic E-state index is 0.402. The number of hydrogen-bond acceptors (Lipinski definition) is 4. The van der Waals surface area contributed by atoms with E-state index in [-0.39, 0.29) is 0 Å². The van der Waals surface area contributed by atoms with Crippen LogP contribution in [0, 0.1) is 17.8 Å². The normalized spacial score (nSPS) is 18.9. The molecule has 1 fully saturated rings. The molecule has 1 aromatic rings. The lowest BCUT2D eigenvalue weighted by Gasteiger charge is -2.17. The predicted molar refractivity (Wildman–Crippen MR) is 75.4 cm³/mol. The summed E-state index contributed by atoms with van der Waals surface area (Å²) in [5.74, 6) is 7.25. The van der Waals surface area contributed by atoms with Crippen LogP contribution in [0.4, 0.5) is 5.69 Å². The number of aromatic nitrogens is 1. The summed E-state index contributed by atoms with van der Waals surface area (Å²) in [5.41, 5.74) is 7.31. The van der Waals surface area contributed by atoms with Gasteiger partial charge in [-0.25, -0.2) is 4.98 Å². The van der Waals surface area contributed by atoms with E-state index in [4.69, 9.17) is 10.5 Å². The third kappa shape index (κ3) is 2.95. The first kappa shape index (κ1) is 13.2. The number of nitrogens with one attached hydrogen (secondary N) is 1. The molecule has 0 amide bonds. The fourth-order valence-corrected chi connectivity index (χ4v) is 2.36. The zero-order valence-electron chi connectivity index (χ0n) is 10.3. The summed E-state index contributed by atoms with van der Waals surface area (Å²) in [6.07, 6.45) is 3.98. The Morgan fingerprint density at radius 1 is 1.61 bits per heavy atom. The molecule has 0 radical (unpaired) electrons. The molecule has 5 heteroatoms. The Hall–Kier alpha value is -1.25. The molecule has 0 aliphatic carbocycles. The van der Waals surface area contributed by atoms with Crippen molar-refractivity contribution in [3.8, 4) is 17.7 Å². The van der Waals surface area contributed by atoms with Gasteiger partial charge in [-0.1, -0.05) is 11.8 Å². The smallest absolute Gasteiger partial charge is 0.229 e. The molecule has 1 aliphatic rings. The molecule has 0 aromatic carbocycles. The van der Waals surface area contributed by atoms with Gasteiger partial charge in [0, 0.05) is 18.7 Å². The van der Waals surface area contributed by atoms with E-state index < -0.39 is 0 Å². The number of nitrogens with zero attached hydrogens (tertiary/aromatic N) is 1. The van der Waals surface area contributed by atoms with Crippen molar-refractivity contribution < 1.29 is 4.74 Å². The van der Waals surface area contributed by atoms with E-state index >= 15 is 0 Å². The van der Waals surface area contributed by atoms with E-state index in [0.29, 0.717) is 22.0 Å². The van der Waals surface area contributed by atoms with Gasteiger partial charge in [-0.15, -0.1) is 0 Å². The molecule has 2 heterocycles. The molecule has 0 bridgehead atoms. The first-order chi connectivity index (χ1) is 8.72. The van der Waals surface area contributed by atoms with Crippen molar-refractivity contribution in [2.75, 3.05) is 25.9 Å². The van der Waals surface area contributed by atoms with Crippen molar-refractivity contribution in [3.05, 3.63) is 16.2 Å². The first-order valence-electron chi connectivity index (χ1n) is 5.92. The number of ether oxygens (including phenoxy) is 1. The Balaban J connectivity index is 2.19. The van der Waals surface area contributed by atoms with Crippen LogP contribution in [0.3, 0.4) is 0 Å². The Morgan fingerprint density at radius 2 is 2.44 bits per heavy atom. The van der Waals surface area contributed by atoms with Crippen LogP contribution in [0.15, 0.2) is 10.7 Å². The van der Waals surface area contributed by atoms with E-state index in [1.54, 1.807) is 13.3 Å². The minimum absolute atomic E-state index is 0.402. The lowest BCUT2D eigenvalue weighted by atomic mass is 10.00. The largest absolute Gasteiger partial charge is 0.480 e. The standard InChI is InChI=1S/C13H16BrN3O/c1-18-13-11(14)12(15)10(8-17-13)5-4-9-3-2-6-16-7-9/h8-9,16H,2-3,6-7H2,1H3,(H2,15,17). The molecular weight excluding hydrogens is 294 g/mol. The van der Waals surface area contributed by atoms with Gasteiger partial charge in [-0.3, -0.25) is 0 Å². The number of anilines is 1. The summed E-state index contributed by atoms with van der Waals surface area (Å²) in [6.45, 7) is 2.05. The lowest BCUT2D eigenvalue weighted by molar-refractivity contribution is 0.395. The molecule has 0 spiro atoms. The van der Waals surface area contributed by atoms with Gasteiger partial charge in [0.05, 0.1) is 18.4 Å². The van der Waals surface area contributed by atoms with Crippen LogP contribution in [0.25, 0.3) is 0 Å². The highest BCUT2D eigenvalue weighted by Crippen LogP contribution is 2.30. The molecule has 96 valence electrons. The second kappa shape index (κ2) is 6.07. The van der Waals surface area contributed by atoms with Gasteiger partial charge >= 0.3 is 0 Å². The van der Waals surface area contributed by atoms with Crippen molar-refractivity contribution in [1.29, 1.82) is 0 Å². The van der Waals surface area contributed by atoms with Crippen LogP contribution in [0.5, 0.6) is 5.88 Å². The highest BCUT2D eigenvalue weighted by atomic mass is 79.9. The van der Waals surface area contributed by atoms with Crippen molar-refractivity contribution in [2.45, 2.75) is 12.8 Å². The maximum atomic E-state index is 5.99. The van der Waals surface area contributed by atoms with Gasteiger partial charge < -0.3 is 15.8 Å². The topological polar surface area (TPSA) is 60.2 Å². The van der Waals surface area contributed by atoms with Crippen LogP contribution in [-0.2, 0) is 0 Å². The van der Waals surface area contributed by atoms with Crippen molar-refractivity contribution in [3.63, 3.8) is 0 Å². The van der Waals surface area contributed by atoms with E-state index in [0.717, 1.165) is 25.1 Å². The zero-order valence-corrected chi connectivity index (χ0v) is 11.9. The van der Waals surface area contributed by atoms with Crippen LogP contribution < -0.4 is 15.8 Å². The second-order valence-electron chi connectivity index (χ2n) is 4.22. The average molecular weight is 310 g/mol. The number of pyridine rings is 1. The maximum Gasteiger partial charge on any atom is 0.229 e. The summed E-state index contributed by atoms with van der Waals surface area (Å²) in [5, 5.41) is 3.34. The van der Waals surface area contributed by atoms with E-state index in [9.17, 15) is 0 Å². The fourth-order valence-electron chi connectivity index (χ4n) is 1.88. The van der Waals surface area contributed by atoms with Crippen molar-refractivity contribution in [1.82, 2.24) is 10.3 Å². The summed E-state index contributed by atoms with van der Waals surface area (Å²) in [4.78, 5) is 4.15. The van der Waals surface area contributed by atoms with Crippen LogP contribution in [0.1, 0.15) is 18.4 Å². The summed E-state index contributed by atoms with van der Waals surface area (Å²) >= 11 is 3.36. The average Bonchev–Trinajstić information content (AvgIpc) is 2.42. The monoisotopic (exact) mass is 309 g/mol. The Labute approximate surface area is 115 Å². The second-order valence-corrected chi connectivity index (χ2v) is 5.01. The van der Waals surface area contributed by atoms with Gasteiger partial charge in [-0.2, -0.15) is 0 Å². The molecule has 1 unspecified atom stereocenters. The van der Waals surface area contributed by atoms with Crippen molar-refractivity contribution >= 4 is 21.6 Å². The first-order valence-corrected chi connectivity index (χ1v) is 6.72. The molecular formula is C13H16BrN3O. The molecule has 2 rings (SSSR count). The number of nitrogen functional groups attached to an aromatic ring is 1. The predicted octanol–water partition coefficient (Wildman–Crippen LogP) is 1.79. The van der Waals surface area contributed by atoms with Gasteiger partial charge in [0.2, 0.25) is 5.88 Å². The summed E-state index contributed by atoms with van der Waals surface area (Å²) in [6, 6.07) is 0. The maximum absolute atomic E-state index is 5.99. The lowest BCUT2D eigenvalue weighted by Crippen LogP contribution is -2.28. The Bertz CT molecular complexity index is 487. The van der Waals surface area contributed by atoms with Gasteiger partial charge in [0.1, 0.15) is 4.47 Å². The zero-order chi connectivity index (χ0) is 13.0. The van der Waals surface area contributed by atoms with E-state index in [1.165, 1.54) is 6.42 Å². The minimum Gasteiger partial charge on any atom is -0.480 e. The molecule has 1 aliphatic heterocycles. The number of halogens is 1. The SMILES string of the molecule is COc1ncc(C#CC2CCCNC2)c(N)c1Br. The summed E-state index contributed by atoms with van der Waals surface area (Å²) < 4.78 is 5.74. The molecule has 3 N–H and O–H groups in total. The molecule has 1 aromatic heterocycles. The van der Waals surface area contributed by atoms with Gasteiger partial charge in [0.25, 0.3) is 0 Å². The molecule has 1 atom stereocenters. The molecule has 18 heavy (non-hydrogen) atoms. The molecule has 1 saturated heterocycles. The number of nitrogens with two attached hydrogens (primary N) is 1.